The Morgan fingerprint density at radius 2 is 2.00 bits per heavy atom. The normalized spacial score (nSPS) is 23.6. The number of nitrogens with zero attached hydrogens (tertiary/aromatic N) is 1. The summed E-state index contributed by atoms with van der Waals surface area (Å²) >= 11 is 0. The zero-order valence-corrected chi connectivity index (χ0v) is 12.8. The summed E-state index contributed by atoms with van der Waals surface area (Å²) in [5, 5.41) is 0. The summed E-state index contributed by atoms with van der Waals surface area (Å²) in [6.45, 7) is 5.14. The van der Waals surface area contributed by atoms with Crippen LogP contribution in [0.2, 0.25) is 0 Å². The Bertz CT molecular complexity index is 424. The van der Waals surface area contributed by atoms with E-state index >= 15 is 0 Å². The molecule has 0 aliphatic carbocycles. The lowest BCUT2D eigenvalue weighted by Crippen LogP contribution is -2.41. The maximum atomic E-state index is 5.99. The number of rotatable bonds is 5. The smallest absolute Gasteiger partial charge is 0.161 e. The number of nitrogens with two attached hydrogens (primary N) is 1. The second kappa shape index (κ2) is 6.95. The summed E-state index contributed by atoms with van der Waals surface area (Å²) in [6, 6.07) is 6.62. The lowest BCUT2D eigenvalue weighted by atomic mass is 9.84. The molecule has 0 aromatic heterocycles. The van der Waals surface area contributed by atoms with Crippen LogP contribution in [0.15, 0.2) is 18.2 Å². The zero-order chi connectivity index (χ0) is 14.5. The monoisotopic (exact) mass is 278 g/mol. The van der Waals surface area contributed by atoms with Crippen LogP contribution in [-0.2, 0) is 0 Å². The number of methoxy groups -OCH3 is 2. The summed E-state index contributed by atoms with van der Waals surface area (Å²) in [5.41, 5.74) is 7.27. The van der Waals surface area contributed by atoms with Crippen LogP contribution < -0.4 is 15.2 Å². The molecule has 2 N–H and O–H groups in total. The van der Waals surface area contributed by atoms with E-state index in [9.17, 15) is 0 Å². The van der Waals surface area contributed by atoms with Gasteiger partial charge in [0, 0.05) is 6.04 Å². The molecule has 0 saturated carbocycles. The molecule has 1 heterocycles. The summed E-state index contributed by atoms with van der Waals surface area (Å²) in [6.07, 6.45) is 2.44. The number of piperidine rings is 1. The van der Waals surface area contributed by atoms with Gasteiger partial charge in [-0.05, 0) is 56.1 Å². The minimum absolute atomic E-state index is 0.388. The number of ether oxygens (including phenoxy) is 2. The van der Waals surface area contributed by atoms with Gasteiger partial charge in [-0.25, -0.2) is 0 Å². The summed E-state index contributed by atoms with van der Waals surface area (Å²) in [7, 11) is 3.35. The fourth-order valence-corrected chi connectivity index (χ4v) is 3.27. The fourth-order valence-electron chi connectivity index (χ4n) is 3.27. The zero-order valence-electron chi connectivity index (χ0n) is 12.8. The molecule has 4 heteroatoms. The van der Waals surface area contributed by atoms with Crippen molar-refractivity contribution in [2.24, 2.45) is 11.7 Å². The molecule has 1 aromatic rings. The van der Waals surface area contributed by atoms with E-state index in [1.165, 1.54) is 18.4 Å². The molecule has 1 aliphatic heterocycles. The van der Waals surface area contributed by atoms with Crippen LogP contribution in [0.25, 0.3) is 0 Å². The lowest BCUT2D eigenvalue weighted by Gasteiger charge is -2.41. The molecular weight excluding hydrogens is 252 g/mol. The van der Waals surface area contributed by atoms with E-state index in [4.69, 9.17) is 15.2 Å². The highest BCUT2D eigenvalue weighted by atomic mass is 16.5. The molecule has 0 radical (unpaired) electrons. The lowest BCUT2D eigenvalue weighted by molar-refractivity contribution is 0.102. The van der Waals surface area contributed by atoms with Crippen molar-refractivity contribution in [1.29, 1.82) is 0 Å². The molecule has 4 nitrogen and oxygen atoms in total. The third-order valence-electron chi connectivity index (χ3n) is 4.32. The average Bonchev–Trinajstić information content (AvgIpc) is 2.53. The maximum Gasteiger partial charge on any atom is 0.161 e. The Morgan fingerprint density at radius 1 is 1.25 bits per heavy atom. The van der Waals surface area contributed by atoms with E-state index in [-0.39, 0.29) is 0 Å². The molecule has 1 fully saturated rings. The maximum absolute atomic E-state index is 5.99. The summed E-state index contributed by atoms with van der Waals surface area (Å²) in [5.74, 6) is 2.09. The third kappa shape index (κ3) is 2.91. The van der Waals surface area contributed by atoms with Gasteiger partial charge in [0.15, 0.2) is 11.5 Å². The summed E-state index contributed by atoms with van der Waals surface area (Å²) < 4.78 is 10.8. The van der Waals surface area contributed by atoms with Crippen molar-refractivity contribution in [3.63, 3.8) is 0 Å². The molecule has 2 unspecified atom stereocenters. The van der Waals surface area contributed by atoms with Crippen LogP contribution in [0.5, 0.6) is 11.5 Å². The largest absolute Gasteiger partial charge is 0.493 e. The predicted molar refractivity (Wildman–Crippen MR) is 81.3 cm³/mol. The number of hydrogen-bond donors (Lipinski definition) is 1. The average molecular weight is 278 g/mol. The molecule has 20 heavy (non-hydrogen) atoms. The number of hydrogen-bond acceptors (Lipinski definition) is 4. The first-order chi connectivity index (χ1) is 9.74. The van der Waals surface area contributed by atoms with Gasteiger partial charge in [-0.2, -0.15) is 0 Å². The van der Waals surface area contributed by atoms with Crippen LogP contribution >= 0.6 is 0 Å². The number of likely N-dealkylation sites (tertiary alicyclic amines) is 1. The minimum Gasteiger partial charge on any atom is -0.493 e. The summed E-state index contributed by atoms with van der Waals surface area (Å²) in [4.78, 5) is 2.52. The Morgan fingerprint density at radius 3 is 2.60 bits per heavy atom. The molecular formula is C16H26N2O2. The van der Waals surface area contributed by atoms with E-state index in [1.54, 1.807) is 14.2 Å². The molecule has 2 atom stereocenters. The Hall–Kier alpha value is -1.26. The minimum atomic E-state index is 0.388. The van der Waals surface area contributed by atoms with Crippen LogP contribution in [0.3, 0.4) is 0 Å². The molecule has 1 saturated heterocycles. The molecule has 0 bridgehead atoms. The van der Waals surface area contributed by atoms with Crippen LogP contribution in [0.1, 0.15) is 31.4 Å². The fraction of sp³-hybridized carbons (Fsp3) is 0.625. The van der Waals surface area contributed by atoms with Crippen LogP contribution in [0.4, 0.5) is 0 Å². The van der Waals surface area contributed by atoms with Gasteiger partial charge in [-0.15, -0.1) is 0 Å². The third-order valence-corrected chi connectivity index (χ3v) is 4.32. The molecule has 1 aromatic carbocycles. The van der Waals surface area contributed by atoms with Crippen molar-refractivity contribution in [2.75, 3.05) is 33.9 Å². The van der Waals surface area contributed by atoms with Crippen molar-refractivity contribution >= 4 is 0 Å². The Labute approximate surface area is 121 Å². The number of benzene rings is 1. The van der Waals surface area contributed by atoms with Crippen molar-refractivity contribution in [1.82, 2.24) is 4.90 Å². The Balaban J connectivity index is 2.35. The van der Waals surface area contributed by atoms with Crippen molar-refractivity contribution in [2.45, 2.75) is 25.8 Å². The van der Waals surface area contributed by atoms with Gasteiger partial charge < -0.3 is 15.2 Å². The highest BCUT2D eigenvalue weighted by molar-refractivity contribution is 5.44. The second-order valence-electron chi connectivity index (χ2n) is 5.33. The topological polar surface area (TPSA) is 47.7 Å². The van der Waals surface area contributed by atoms with Crippen molar-refractivity contribution < 1.29 is 9.47 Å². The first-order valence-electron chi connectivity index (χ1n) is 7.41. The van der Waals surface area contributed by atoms with Crippen molar-refractivity contribution in [3.8, 4) is 11.5 Å². The second-order valence-corrected chi connectivity index (χ2v) is 5.33. The standard InChI is InChI=1S/C16H26N2O2/c1-4-18-9-5-6-13(11-17)16(18)12-7-8-14(19-2)15(10-12)20-3/h7-8,10,13,16H,4-6,9,11,17H2,1-3H3. The molecule has 2 rings (SSSR count). The quantitative estimate of drug-likeness (QED) is 0.898. The Kier molecular flexibility index (Phi) is 5.26. The van der Waals surface area contributed by atoms with Gasteiger partial charge >= 0.3 is 0 Å². The highest BCUT2D eigenvalue weighted by Gasteiger charge is 2.31. The van der Waals surface area contributed by atoms with Gasteiger partial charge in [0.25, 0.3) is 0 Å². The van der Waals surface area contributed by atoms with Crippen LogP contribution in [-0.4, -0.2) is 38.8 Å². The molecule has 112 valence electrons. The highest BCUT2D eigenvalue weighted by Crippen LogP contribution is 2.38. The first-order valence-corrected chi connectivity index (χ1v) is 7.41. The van der Waals surface area contributed by atoms with E-state index in [2.05, 4.69) is 24.0 Å². The van der Waals surface area contributed by atoms with Crippen LogP contribution in [0, 0.1) is 5.92 Å². The molecule has 0 spiro atoms. The van der Waals surface area contributed by atoms with Gasteiger partial charge in [-0.3, -0.25) is 4.90 Å². The van der Waals surface area contributed by atoms with Gasteiger partial charge in [0.2, 0.25) is 0 Å². The molecule has 0 amide bonds. The van der Waals surface area contributed by atoms with Gasteiger partial charge in [-0.1, -0.05) is 13.0 Å². The van der Waals surface area contributed by atoms with Gasteiger partial charge in [0.05, 0.1) is 14.2 Å². The van der Waals surface area contributed by atoms with E-state index < -0.39 is 0 Å². The van der Waals surface area contributed by atoms with E-state index in [0.29, 0.717) is 12.0 Å². The van der Waals surface area contributed by atoms with E-state index in [0.717, 1.165) is 31.1 Å². The van der Waals surface area contributed by atoms with E-state index in [1.807, 2.05) is 6.07 Å². The van der Waals surface area contributed by atoms with Gasteiger partial charge in [0.1, 0.15) is 0 Å². The van der Waals surface area contributed by atoms with Crippen molar-refractivity contribution in [3.05, 3.63) is 23.8 Å². The SMILES string of the molecule is CCN1CCCC(CN)C1c1ccc(OC)c(OC)c1. The first kappa shape index (κ1) is 15.1. The predicted octanol–water partition coefficient (Wildman–Crippen LogP) is 2.44. The molecule has 1 aliphatic rings.